The Balaban J connectivity index is 2.48. The predicted molar refractivity (Wildman–Crippen MR) is 72.4 cm³/mol. The molecule has 0 spiro atoms. The smallest absolute Gasteiger partial charge is 0.244 e. The van der Waals surface area contributed by atoms with Gasteiger partial charge in [-0.15, -0.1) is 0 Å². The zero-order chi connectivity index (χ0) is 14.2. The number of piperazine rings is 1. The van der Waals surface area contributed by atoms with E-state index in [4.69, 9.17) is 0 Å². The summed E-state index contributed by atoms with van der Waals surface area (Å²) in [5.74, 6) is -0.253. The molecule has 5 nitrogen and oxygen atoms in total. The van der Waals surface area contributed by atoms with E-state index in [1.165, 1.54) is 4.31 Å². The molecule has 0 saturated carbocycles. The van der Waals surface area contributed by atoms with Crippen LogP contribution in [-0.4, -0.2) is 38.3 Å². The molecule has 1 aliphatic heterocycles. The fraction of sp³-hybridized carbons (Fsp3) is 0.462. The van der Waals surface area contributed by atoms with Gasteiger partial charge in [-0.05, 0) is 31.9 Å². The van der Waals surface area contributed by atoms with Crippen molar-refractivity contribution in [3.05, 3.63) is 28.8 Å². The van der Waals surface area contributed by atoms with Gasteiger partial charge < -0.3 is 5.32 Å². The molecule has 1 amide bonds. The highest BCUT2D eigenvalue weighted by Crippen LogP contribution is 2.25. The summed E-state index contributed by atoms with van der Waals surface area (Å²) >= 11 is 0. The minimum absolute atomic E-state index is 0.102. The number of nitrogens with zero attached hydrogens (tertiary/aromatic N) is 1. The Labute approximate surface area is 113 Å². The van der Waals surface area contributed by atoms with Gasteiger partial charge in [-0.2, -0.15) is 4.31 Å². The lowest BCUT2D eigenvalue weighted by atomic mass is 10.1. The van der Waals surface area contributed by atoms with Crippen LogP contribution in [0.4, 0.5) is 0 Å². The lowest BCUT2D eigenvalue weighted by Crippen LogP contribution is -2.50. The highest BCUT2D eigenvalue weighted by atomic mass is 32.2. The van der Waals surface area contributed by atoms with Crippen LogP contribution in [0.1, 0.15) is 16.7 Å². The maximum atomic E-state index is 12.6. The van der Waals surface area contributed by atoms with Crippen molar-refractivity contribution < 1.29 is 13.2 Å². The van der Waals surface area contributed by atoms with Crippen LogP contribution in [0.3, 0.4) is 0 Å². The maximum absolute atomic E-state index is 12.6. The molecule has 1 aromatic rings. The third-order valence-electron chi connectivity index (χ3n) is 3.21. The lowest BCUT2D eigenvalue weighted by Gasteiger charge is -2.27. The molecule has 0 aromatic heterocycles. The zero-order valence-electron chi connectivity index (χ0n) is 11.4. The first-order valence-electron chi connectivity index (χ1n) is 6.17. The molecule has 0 bridgehead atoms. The van der Waals surface area contributed by atoms with Crippen molar-refractivity contribution in [2.45, 2.75) is 25.7 Å². The Bertz CT molecular complexity index is 600. The van der Waals surface area contributed by atoms with Gasteiger partial charge in [0.05, 0.1) is 11.4 Å². The highest BCUT2D eigenvalue weighted by Gasteiger charge is 2.31. The fourth-order valence-electron chi connectivity index (χ4n) is 2.52. The van der Waals surface area contributed by atoms with Gasteiger partial charge in [-0.1, -0.05) is 17.7 Å². The molecule has 1 saturated heterocycles. The molecule has 1 aliphatic rings. The van der Waals surface area contributed by atoms with Crippen molar-refractivity contribution >= 4 is 15.9 Å². The average Bonchev–Trinajstić information content (AvgIpc) is 2.26. The number of nitrogens with one attached hydrogen (secondary N) is 1. The molecule has 6 heteroatoms. The number of amides is 1. The summed E-state index contributed by atoms with van der Waals surface area (Å²) in [7, 11) is -3.60. The summed E-state index contributed by atoms with van der Waals surface area (Å²) in [6, 6.07) is 3.70. The third kappa shape index (κ3) is 2.64. The van der Waals surface area contributed by atoms with E-state index in [1.807, 2.05) is 19.1 Å². The third-order valence-corrected chi connectivity index (χ3v) is 5.36. The van der Waals surface area contributed by atoms with Gasteiger partial charge in [0, 0.05) is 13.1 Å². The molecule has 0 radical (unpaired) electrons. The Morgan fingerprint density at radius 3 is 2.26 bits per heavy atom. The standard InChI is InChI=1S/C13H18N2O3S/c1-9-6-10(2)13(11(3)7-9)19(17,18)15-5-4-14-12(16)8-15/h6-7H,4-5,8H2,1-3H3,(H,14,16). The van der Waals surface area contributed by atoms with Gasteiger partial charge >= 0.3 is 0 Å². The van der Waals surface area contributed by atoms with E-state index in [1.54, 1.807) is 13.8 Å². The van der Waals surface area contributed by atoms with Crippen molar-refractivity contribution in [2.24, 2.45) is 0 Å². The fourth-order valence-corrected chi connectivity index (χ4v) is 4.33. The van der Waals surface area contributed by atoms with Crippen LogP contribution < -0.4 is 5.32 Å². The number of benzene rings is 1. The van der Waals surface area contributed by atoms with Crippen LogP contribution in [0.25, 0.3) is 0 Å². The number of carbonyl (C=O) groups is 1. The molecule has 1 aromatic carbocycles. The van der Waals surface area contributed by atoms with Gasteiger partial charge in [0.15, 0.2) is 0 Å². The Kier molecular flexibility index (Phi) is 3.64. The maximum Gasteiger partial charge on any atom is 0.244 e. The first-order chi connectivity index (χ1) is 8.82. The molecule has 19 heavy (non-hydrogen) atoms. The second kappa shape index (κ2) is 4.94. The van der Waals surface area contributed by atoms with Crippen LogP contribution in [0, 0.1) is 20.8 Å². The van der Waals surface area contributed by atoms with Crippen molar-refractivity contribution in [2.75, 3.05) is 19.6 Å². The summed E-state index contributed by atoms with van der Waals surface area (Å²) in [4.78, 5) is 11.7. The van der Waals surface area contributed by atoms with E-state index < -0.39 is 10.0 Å². The second-order valence-electron chi connectivity index (χ2n) is 4.92. The van der Waals surface area contributed by atoms with Crippen LogP contribution >= 0.6 is 0 Å². The predicted octanol–water partition coefficient (Wildman–Crippen LogP) is 0.732. The van der Waals surface area contributed by atoms with Gasteiger partial charge in [0.1, 0.15) is 0 Å². The quantitative estimate of drug-likeness (QED) is 0.869. The van der Waals surface area contributed by atoms with Crippen molar-refractivity contribution in [1.29, 1.82) is 0 Å². The summed E-state index contributed by atoms with van der Waals surface area (Å²) in [6.45, 7) is 6.09. The number of hydrogen-bond acceptors (Lipinski definition) is 3. The lowest BCUT2D eigenvalue weighted by molar-refractivity contribution is -0.122. The first kappa shape index (κ1) is 14.0. The Hall–Kier alpha value is -1.40. The van der Waals surface area contributed by atoms with E-state index >= 15 is 0 Å². The monoisotopic (exact) mass is 282 g/mol. The van der Waals surface area contributed by atoms with Gasteiger partial charge in [-0.3, -0.25) is 4.79 Å². The number of sulfonamides is 1. The second-order valence-corrected chi connectivity index (χ2v) is 6.79. The molecule has 2 rings (SSSR count). The van der Waals surface area contributed by atoms with Crippen LogP contribution in [-0.2, 0) is 14.8 Å². The highest BCUT2D eigenvalue weighted by molar-refractivity contribution is 7.89. The SMILES string of the molecule is Cc1cc(C)c(S(=O)(=O)N2CCNC(=O)C2)c(C)c1. The number of hydrogen-bond donors (Lipinski definition) is 1. The first-order valence-corrected chi connectivity index (χ1v) is 7.61. The topological polar surface area (TPSA) is 66.5 Å². The van der Waals surface area contributed by atoms with E-state index in [0.29, 0.717) is 18.0 Å². The van der Waals surface area contributed by atoms with Crippen molar-refractivity contribution in [1.82, 2.24) is 9.62 Å². The van der Waals surface area contributed by atoms with Crippen molar-refractivity contribution in [3.63, 3.8) is 0 Å². The van der Waals surface area contributed by atoms with Crippen LogP contribution in [0.5, 0.6) is 0 Å². The van der Waals surface area contributed by atoms with Crippen LogP contribution in [0.2, 0.25) is 0 Å². The zero-order valence-corrected chi connectivity index (χ0v) is 12.2. The number of rotatable bonds is 2. The molecule has 1 heterocycles. The Morgan fingerprint density at radius 1 is 1.16 bits per heavy atom. The largest absolute Gasteiger partial charge is 0.354 e. The van der Waals surface area contributed by atoms with E-state index in [0.717, 1.165) is 16.7 Å². The van der Waals surface area contributed by atoms with Gasteiger partial charge in [-0.25, -0.2) is 8.42 Å². The van der Waals surface area contributed by atoms with Crippen LogP contribution in [0.15, 0.2) is 17.0 Å². The number of carbonyl (C=O) groups excluding carboxylic acids is 1. The average molecular weight is 282 g/mol. The Morgan fingerprint density at radius 2 is 1.74 bits per heavy atom. The molecule has 104 valence electrons. The summed E-state index contributed by atoms with van der Waals surface area (Å²) < 4.78 is 26.5. The summed E-state index contributed by atoms with van der Waals surface area (Å²) in [6.07, 6.45) is 0. The van der Waals surface area contributed by atoms with E-state index in [9.17, 15) is 13.2 Å². The number of aryl methyl sites for hydroxylation is 3. The minimum atomic E-state index is -3.60. The summed E-state index contributed by atoms with van der Waals surface area (Å²) in [5, 5.41) is 2.63. The molecule has 1 N–H and O–H groups in total. The van der Waals surface area contributed by atoms with Gasteiger partial charge in [0.25, 0.3) is 0 Å². The van der Waals surface area contributed by atoms with E-state index in [2.05, 4.69) is 5.32 Å². The van der Waals surface area contributed by atoms with Gasteiger partial charge in [0.2, 0.25) is 15.9 Å². The van der Waals surface area contributed by atoms with Crippen molar-refractivity contribution in [3.8, 4) is 0 Å². The molecule has 0 atom stereocenters. The van der Waals surface area contributed by atoms with E-state index in [-0.39, 0.29) is 12.5 Å². The molecule has 0 aliphatic carbocycles. The summed E-state index contributed by atoms with van der Waals surface area (Å²) in [5.41, 5.74) is 2.48. The molecule has 1 fully saturated rings. The minimum Gasteiger partial charge on any atom is -0.354 e. The molecular formula is C13H18N2O3S. The molecular weight excluding hydrogens is 264 g/mol. The molecule has 0 unspecified atom stereocenters. The normalized spacial score (nSPS) is 17.3.